The van der Waals surface area contributed by atoms with Gasteiger partial charge in [-0.15, -0.1) is 11.3 Å². The zero-order chi connectivity index (χ0) is 26.7. The number of likely N-dealkylation sites (N-methyl/N-ethyl adjacent to an activating group) is 1. The van der Waals surface area contributed by atoms with Crippen molar-refractivity contribution < 1.29 is 19.1 Å². The summed E-state index contributed by atoms with van der Waals surface area (Å²) < 4.78 is 10.6. The zero-order valence-electron chi connectivity index (χ0n) is 23.0. The number of methoxy groups -OCH3 is 1. The molecule has 1 aromatic carbocycles. The molecule has 4 rings (SSSR count). The van der Waals surface area contributed by atoms with Crippen molar-refractivity contribution >= 4 is 34.7 Å². The number of carbonyl (C=O) groups is 2. The molecule has 7 heteroatoms. The van der Waals surface area contributed by atoms with Gasteiger partial charge in [0.15, 0.2) is 0 Å². The largest absolute Gasteiger partial charge is 0.465 e. The van der Waals surface area contributed by atoms with Gasteiger partial charge in [0.05, 0.1) is 7.11 Å². The third-order valence-electron chi connectivity index (χ3n) is 7.32. The Hall–Kier alpha value is -2.64. The molecule has 6 nitrogen and oxygen atoms in total. The average molecular weight is 525 g/mol. The summed E-state index contributed by atoms with van der Waals surface area (Å²) in [5.41, 5.74) is 4.98. The van der Waals surface area contributed by atoms with Gasteiger partial charge in [-0.25, -0.2) is 9.59 Å². The number of benzene rings is 1. The molecule has 0 bridgehead atoms. The Morgan fingerprint density at radius 3 is 2.38 bits per heavy atom. The molecule has 0 atom stereocenters. The summed E-state index contributed by atoms with van der Waals surface area (Å²) in [6, 6.07) is 9.82. The maximum absolute atomic E-state index is 12.9. The summed E-state index contributed by atoms with van der Waals surface area (Å²) in [7, 11) is 3.64. The van der Waals surface area contributed by atoms with Crippen molar-refractivity contribution in [3.05, 3.63) is 46.3 Å². The Kier molecular flexibility index (Phi) is 8.44. The maximum atomic E-state index is 12.9. The van der Waals surface area contributed by atoms with Crippen LogP contribution in [0.2, 0.25) is 0 Å². The highest BCUT2D eigenvalue weighted by Gasteiger charge is 2.30. The highest BCUT2D eigenvalue weighted by molar-refractivity contribution is 7.17. The van der Waals surface area contributed by atoms with Crippen LogP contribution in [0, 0.1) is 11.8 Å². The summed E-state index contributed by atoms with van der Waals surface area (Å²) in [4.78, 5) is 29.1. The molecule has 2 heterocycles. The SMILES string of the molecule is COC(=O)c1sc(-c2ccc(NC(=O)OC(C)(C)C)cc2)cc1C1=C(C2CCC(C)CC2)CN(C)CC1. The molecular formula is C30H40N2O4S. The summed E-state index contributed by atoms with van der Waals surface area (Å²) in [5.74, 6) is 1.10. The molecule has 200 valence electrons. The lowest BCUT2D eigenvalue weighted by atomic mass is 9.75. The number of carbonyl (C=O) groups excluding carboxylic acids is 2. The molecule has 0 saturated heterocycles. The normalized spacial score (nSPS) is 21.0. The predicted molar refractivity (Wildman–Crippen MR) is 151 cm³/mol. The van der Waals surface area contributed by atoms with Crippen LogP contribution in [0.1, 0.15) is 75.0 Å². The molecule has 2 aromatic rings. The second-order valence-electron chi connectivity index (χ2n) is 11.5. The quantitative estimate of drug-likeness (QED) is 0.411. The van der Waals surface area contributed by atoms with Crippen LogP contribution >= 0.6 is 11.3 Å². The molecule has 1 aliphatic heterocycles. The van der Waals surface area contributed by atoms with E-state index in [0.717, 1.165) is 41.4 Å². The molecule has 0 unspecified atom stereocenters. The number of nitrogens with zero attached hydrogens (tertiary/aromatic N) is 1. The molecule has 1 amide bonds. The second-order valence-corrected chi connectivity index (χ2v) is 12.5. The van der Waals surface area contributed by atoms with Gasteiger partial charge >= 0.3 is 12.1 Å². The van der Waals surface area contributed by atoms with Crippen LogP contribution in [0.5, 0.6) is 0 Å². The van der Waals surface area contributed by atoms with Crippen molar-refractivity contribution in [2.24, 2.45) is 11.8 Å². The number of thiophene rings is 1. The third kappa shape index (κ3) is 6.82. The molecule has 1 aromatic heterocycles. The fourth-order valence-corrected chi connectivity index (χ4v) is 6.47. The van der Waals surface area contributed by atoms with Gasteiger partial charge in [0.25, 0.3) is 0 Å². The van der Waals surface area contributed by atoms with Crippen LogP contribution in [0.15, 0.2) is 35.9 Å². The van der Waals surface area contributed by atoms with E-state index in [1.54, 1.807) is 0 Å². The van der Waals surface area contributed by atoms with Crippen LogP contribution < -0.4 is 5.32 Å². The molecule has 0 radical (unpaired) electrons. The van der Waals surface area contributed by atoms with Gasteiger partial charge in [-0.1, -0.05) is 31.9 Å². The molecule has 37 heavy (non-hydrogen) atoms. The van der Waals surface area contributed by atoms with Crippen molar-refractivity contribution in [3.8, 4) is 10.4 Å². The van der Waals surface area contributed by atoms with E-state index in [1.807, 2.05) is 45.0 Å². The molecule has 1 fully saturated rings. The number of esters is 1. The first kappa shape index (κ1) is 27.4. The van der Waals surface area contributed by atoms with E-state index >= 15 is 0 Å². The number of anilines is 1. The van der Waals surface area contributed by atoms with Gasteiger partial charge in [0.1, 0.15) is 10.5 Å². The van der Waals surface area contributed by atoms with Crippen LogP contribution in [-0.4, -0.2) is 49.8 Å². The molecule has 1 N–H and O–H groups in total. The minimum atomic E-state index is -0.557. The topological polar surface area (TPSA) is 67.9 Å². The molecule has 2 aliphatic rings. The Bertz CT molecular complexity index is 1150. The third-order valence-corrected chi connectivity index (χ3v) is 8.49. The van der Waals surface area contributed by atoms with E-state index in [9.17, 15) is 9.59 Å². The fraction of sp³-hybridized carbons (Fsp3) is 0.533. The standard InChI is InChI=1S/C30H40N2O4S/c1-19-7-9-20(10-8-19)25-18-32(5)16-15-23(25)24-17-26(37-27(24)28(33)35-6)21-11-13-22(14-12-21)31-29(34)36-30(2,3)4/h11-14,17,19-20H,7-10,15-16,18H2,1-6H3,(H,31,34). The number of nitrogens with one attached hydrogen (secondary N) is 1. The monoisotopic (exact) mass is 524 g/mol. The van der Waals surface area contributed by atoms with E-state index in [4.69, 9.17) is 9.47 Å². The average Bonchev–Trinajstić information content (AvgIpc) is 3.28. The first-order chi connectivity index (χ1) is 17.5. The lowest BCUT2D eigenvalue weighted by Crippen LogP contribution is -2.31. The first-order valence-electron chi connectivity index (χ1n) is 13.3. The van der Waals surface area contributed by atoms with Crippen molar-refractivity contribution in [1.82, 2.24) is 4.90 Å². The predicted octanol–water partition coefficient (Wildman–Crippen LogP) is 7.46. The number of rotatable bonds is 5. The van der Waals surface area contributed by atoms with Crippen molar-refractivity contribution in [3.63, 3.8) is 0 Å². The van der Waals surface area contributed by atoms with E-state index in [-0.39, 0.29) is 5.97 Å². The molecule has 1 aliphatic carbocycles. The highest BCUT2D eigenvalue weighted by atomic mass is 32.1. The van der Waals surface area contributed by atoms with E-state index in [0.29, 0.717) is 16.5 Å². The van der Waals surface area contributed by atoms with Gasteiger partial charge in [-0.05, 0) is 93.8 Å². The molecule has 1 saturated carbocycles. The second kappa shape index (κ2) is 11.4. The minimum absolute atomic E-state index is 0.280. The van der Waals surface area contributed by atoms with Crippen molar-refractivity contribution in [1.29, 1.82) is 0 Å². The van der Waals surface area contributed by atoms with Crippen molar-refractivity contribution in [2.45, 2.75) is 65.4 Å². The Morgan fingerprint density at radius 2 is 1.76 bits per heavy atom. The van der Waals surface area contributed by atoms with Crippen molar-refractivity contribution in [2.75, 3.05) is 32.6 Å². The lowest BCUT2D eigenvalue weighted by Gasteiger charge is -2.35. The van der Waals surface area contributed by atoms with Crippen LogP contribution in [0.25, 0.3) is 16.0 Å². The zero-order valence-corrected chi connectivity index (χ0v) is 23.8. The van der Waals surface area contributed by atoms with Gasteiger partial charge in [0.2, 0.25) is 0 Å². The Balaban J connectivity index is 1.66. The van der Waals surface area contributed by atoms with Gasteiger partial charge in [-0.2, -0.15) is 0 Å². The number of amides is 1. The van der Waals surface area contributed by atoms with E-state index in [2.05, 4.69) is 30.3 Å². The van der Waals surface area contributed by atoms with E-state index < -0.39 is 11.7 Å². The summed E-state index contributed by atoms with van der Waals surface area (Å²) in [5, 5.41) is 2.78. The van der Waals surface area contributed by atoms with E-state index in [1.165, 1.54) is 55.3 Å². The smallest absolute Gasteiger partial charge is 0.412 e. The number of hydrogen-bond donors (Lipinski definition) is 1. The minimum Gasteiger partial charge on any atom is -0.465 e. The Morgan fingerprint density at radius 1 is 1.08 bits per heavy atom. The first-order valence-corrected chi connectivity index (χ1v) is 14.1. The van der Waals surface area contributed by atoms with Gasteiger partial charge in [0, 0.05) is 29.2 Å². The molecule has 0 spiro atoms. The Labute approximate surface area is 225 Å². The lowest BCUT2D eigenvalue weighted by molar-refractivity contribution is 0.0603. The summed E-state index contributed by atoms with van der Waals surface area (Å²) >= 11 is 1.48. The van der Waals surface area contributed by atoms with Crippen LogP contribution in [0.4, 0.5) is 10.5 Å². The van der Waals surface area contributed by atoms with Crippen LogP contribution in [0.3, 0.4) is 0 Å². The molecular weight excluding hydrogens is 484 g/mol. The number of ether oxygens (including phenoxy) is 2. The summed E-state index contributed by atoms with van der Waals surface area (Å²) in [6.45, 7) is 9.81. The van der Waals surface area contributed by atoms with Gasteiger partial charge in [-0.3, -0.25) is 5.32 Å². The fourth-order valence-electron chi connectivity index (χ4n) is 5.36. The van der Waals surface area contributed by atoms with Crippen LogP contribution in [-0.2, 0) is 9.47 Å². The van der Waals surface area contributed by atoms with Gasteiger partial charge < -0.3 is 14.4 Å². The number of hydrogen-bond acceptors (Lipinski definition) is 6. The summed E-state index contributed by atoms with van der Waals surface area (Å²) in [6.07, 6.45) is 5.46. The maximum Gasteiger partial charge on any atom is 0.412 e. The highest BCUT2D eigenvalue weighted by Crippen LogP contribution is 2.43.